The van der Waals surface area contributed by atoms with Gasteiger partial charge in [-0.15, -0.1) is 0 Å². The Bertz CT molecular complexity index is 1000. The van der Waals surface area contributed by atoms with Crippen molar-refractivity contribution in [1.29, 1.82) is 0 Å². The lowest BCUT2D eigenvalue weighted by Crippen LogP contribution is -2.41. The Kier molecular flexibility index (Phi) is 5.43. The number of rotatable bonds is 4. The number of carbonyl (C=O) groups is 1. The summed E-state index contributed by atoms with van der Waals surface area (Å²) in [5.74, 6) is -0.0499. The van der Waals surface area contributed by atoms with Gasteiger partial charge in [-0.25, -0.2) is 9.19 Å². The zero-order valence-corrected chi connectivity index (χ0v) is 16.3. The molecule has 3 N–H and O–H groups in total. The van der Waals surface area contributed by atoms with Gasteiger partial charge in [0.25, 0.3) is 5.91 Å². The van der Waals surface area contributed by atoms with E-state index in [-0.39, 0.29) is 17.7 Å². The van der Waals surface area contributed by atoms with Crippen molar-refractivity contribution in [2.75, 3.05) is 24.4 Å². The number of carbonyl (C=O) groups excluding carboxylic acids is 1. The van der Waals surface area contributed by atoms with E-state index in [1.165, 1.54) is 12.3 Å². The Labute approximate surface area is 169 Å². The van der Waals surface area contributed by atoms with Gasteiger partial charge < -0.3 is 15.4 Å². The van der Waals surface area contributed by atoms with E-state index in [4.69, 9.17) is 10.5 Å². The number of amidine groups is 1. The first-order chi connectivity index (χ1) is 14.0. The van der Waals surface area contributed by atoms with Crippen molar-refractivity contribution in [3.8, 4) is 5.75 Å². The first-order valence-corrected chi connectivity index (χ1v) is 10.3. The van der Waals surface area contributed by atoms with E-state index in [9.17, 15) is 13.4 Å². The number of nitrogens with zero attached hydrogens (tertiary/aromatic N) is 3. The van der Waals surface area contributed by atoms with Crippen LogP contribution in [0.5, 0.6) is 5.75 Å². The van der Waals surface area contributed by atoms with Crippen LogP contribution in [0.15, 0.2) is 40.9 Å². The number of nitrogens with one attached hydrogen (secondary N) is 1. The van der Waals surface area contributed by atoms with Crippen molar-refractivity contribution < 1.29 is 18.1 Å². The lowest BCUT2D eigenvalue weighted by Gasteiger charge is -2.33. The van der Waals surface area contributed by atoms with Crippen LogP contribution in [0.1, 0.15) is 28.8 Å². The Hall–Kier alpha value is -3.01. The number of nitrogens with two attached hydrogens (primary N) is 1. The Morgan fingerprint density at radius 1 is 1.41 bits per heavy atom. The average molecular weight is 417 g/mol. The van der Waals surface area contributed by atoms with Crippen molar-refractivity contribution in [1.82, 2.24) is 9.88 Å². The maximum atomic E-state index is 13.3. The van der Waals surface area contributed by atoms with E-state index in [0.29, 0.717) is 42.3 Å². The summed E-state index contributed by atoms with van der Waals surface area (Å²) < 4.78 is 37.5. The molecule has 1 aromatic carbocycles. The number of hydrogen-bond donors (Lipinski definition) is 2. The van der Waals surface area contributed by atoms with Crippen LogP contribution in [0.3, 0.4) is 0 Å². The van der Waals surface area contributed by atoms with Crippen LogP contribution in [0.4, 0.5) is 10.1 Å². The molecule has 152 valence electrons. The molecule has 2 aromatic rings. The predicted molar refractivity (Wildman–Crippen MR) is 107 cm³/mol. The molecule has 4 rings (SSSR count). The number of aromatic nitrogens is 1. The molecular weight excluding hydrogens is 397 g/mol. The second kappa shape index (κ2) is 8.16. The number of hydrogen-bond acceptors (Lipinski definition) is 5. The summed E-state index contributed by atoms with van der Waals surface area (Å²) in [5, 5.41) is 0. The maximum Gasteiger partial charge on any atom is 0.254 e. The van der Waals surface area contributed by atoms with Crippen LogP contribution >= 0.6 is 0 Å². The standard InChI is InChI=1S/C19H20FN5O3S/c20-16-9-13(6-7-22-16)19(26)25-8-2-3-12(10-25)11-28-15-5-1-4-14-17(15)18(21)24-29(27)23-14/h1,4-7,9,12,23H,2-3,8,10-11H2,(H2,21,24). The van der Waals surface area contributed by atoms with Gasteiger partial charge in [0.05, 0.1) is 17.9 Å². The molecule has 2 unspecified atom stereocenters. The quantitative estimate of drug-likeness (QED) is 0.738. The highest BCUT2D eigenvalue weighted by Crippen LogP contribution is 2.30. The SMILES string of the molecule is NC1=NS(=O)Nc2cccc(OCC3CCCN(C(=O)c4ccnc(F)c4)C3)c21. The minimum Gasteiger partial charge on any atom is -0.492 e. The fourth-order valence-corrected chi connectivity index (χ4v) is 4.24. The smallest absolute Gasteiger partial charge is 0.254 e. The molecule has 2 aliphatic heterocycles. The molecule has 2 atom stereocenters. The molecule has 8 nitrogen and oxygen atoms in total. The van der Waals surface area contributed by atoms with Gasteiger partial charge in [0.1, 0.15) is 11.6 Å². The summed E-state index contributed by atoms with van der Waals surface area (Å²) in [7, 11) is 0. The van der Waals surface area contributed by atoms with E-state index < -0.39 is 17.1 Å². The molecule has 0 radical (unpaired) electrons. The fraction of sp³-hybridized carbons (Fsp3) is 0.316. The predicted octanol–water partition coefficient (Wildman–Crippen LogP) is 1.86. The Balaban J connectivity index is 1.43. The van der Waals surface area contributed by atoms with Crippen LogP contribution in [-0.2, 0) is 11.2 Å². The first kappa shape index (κ1) is 19.3. The van der Waals surface area contributed by atoms with Gasteiger partial charge in [-0.05, 0) is 31.0 Å². The van der Waals surface area contributed by atoms with Crippen molar-refractivity contribution in [3.05, 3.63) is 53.6 Å². The normalized spacial score (nSPS) is 21.0. The molecular formula is C19H20FN5O3S. The van der Waals surface area contributed by atoms with E-state index in [0.717, 1.165) is 18.9 Å². The lowest BCUT2D eigenvalue weighted by molar-refractivity contribution is 0.0632. The number of anilines is 1. The maximum absolute atomic E-state index is 13.3. The van der Waals surface area contributed by atoms with Crippen molar-refractivity contribution >= 4 is 28.6 Å². The van der Waals surface area contributed by atoms with Gasteiger partial charge in [-0.2, -0.15) is 8.79 Å². The van der Waals surface area contributed by atoms with Gasteiger partial charge in [0.15, 0.2) is 0 Å². The second-order valence-corrected chi connectivity index (χ2v) is 7.83. The summed E-state index contributed by atoms with van der Waals surface area (Å²) in [6, 6.07) is 7.99. The van der Waals surface area contributed by atoms with E-state index in [2.05, 4.69) is 14.1 Å². The second-order valence-electron chi connectivity index (χ2n) is 6.94. The molecule has 0 aliphatic carbocycles. The largest absolute Gasteiger partial charge is 0.492 e. The third-order valence-electron chi connectivity index (χ3n) is 4.92. The zero-order valence-electron chi connectivity index (χ0n) is 15.5. The molecule has 3 heterocycles. The lowest BCUT2D eigenvalue weighted by atomic mass is 9.98. The summed E-state index contributed by atoms with van der Waals surface area (Å²) in [6.45, 7) is 1.53. The van der Waals surface area contributed by atoms with Crippen LogP contribution in [0.25, 0.3) is 0 Å². The molecule has 2 aliphatic rings. The number of fused-ring (bicyclic) bond motifs is 1. The van der Waals surface area contributed by atoms with Gasteiger partial charge in [-0.1, -0.05) is 6.07 Å². The number of halogens is 1. The molecule has 1 fully saturated rings. The number of pyridine rings is 1. The number of piperidine rings is 1. The highest BCUT2D eigenvalue weighted by Gasteiger charge is 2.26. The van der Waals surface area contributed by atoms with Gasteiger partial charge in [0, 0.05) is 36.8 Å². The number of likely N-dealkylation sites (tertiary alicyclic amines) is 1. The third kappa shape index (κ3) is 4.21. The topological polar surface area (TPSA) is 110 Å². The van der Waals surface area contributed by atoms with Crippen molar-refractivity contribution in [2.45, 2.75) is 12.8 Å². The number of amides is 1. The van der Waals surface area contributed by atoms with Gasteiger partial charge >= 0.3 is 0 Å². The average Bonchev–Trinajstić information content (AvgIpc) is 2.71. The zero-order chi connectivity index (χ0) is 20.4. The number of ether oxygens (including phenoxy) is 1. The molecule has 1 saturated heterocycles. The summed E-state index contributed by atoms with van der Waals surface area (Å²) in [4.78, 5) is 17.9. The molecule has 0 bridgehead atoms. The van der Waals surface area contributed by atoms with Gasteiger partial charge in [-0.3, -0.25) is 9.52 Å². The van der Waals surface area contributed by atoms with E-state index in [1.807, 2.05) is 0 Å². The highest BCUT2D eigenvalue weighted by molar-refractivity contribution is 7.85. The Morgan fingerprint density at radius 3 is 3.10 bits per heavy atom. The van der Waals surface area contributed by atoms with E-state index >= 15 is 0 Å². The third-order valence-corrected chi connectivity index (χ3v) is 5.67. The Morgan fingerprint density at radius 2 is 2.28 bits per heavy atom. The molecule has 10 heteroatoms. The summed E-state index contributed by atoms with van der Waals surface area (Å²) in [5.41, 5.74) is 7.42. The molecule has 0 saturated carbocycles. The number of benzene rings is 1. The molecule has 29 heavy (non-hydrogen) atoms. The van der Waals surface area contributed by atoms with Crippen LogP contribution in [-0.4, -0.2) is 45.5 Å². The van der Waals surface area contributed by atoms with E-state index in [1.54, 1.807) is 23.1 Å². The van der Waals surface area contributed by atoms with Crippen LogP contribution < -0.4 is 15.2 Å². The van der Waals surface area contributed by atoms with Crippen LogP contribution in [0, 0.1) is 11.9 Å². The summed E-state index contributed by atoms with van der Waals surface area (Å²) in [6.07, 6.45) is 3.04. The molecule has 0 spiro atoms. The van der Waals surface area contributed by atoms with Crippen molar-refractivity contribution in [2.24, 2.45) is 16.0 Å². The minimum absolute atomic E-state index is 0.124. The molecule has 1 aromatic heterocycles. The molecule has 1 amide bonds. The summed E-state index contributed by atoms with van der Waals surface area (Å²) >= 11 is -1.60. The monoisotopic (exact) mass is 417 g/mol. The highest BCUT2D eigenvalue weighted by atomic mass is 32.2. The fourth-order valence-electron chi connectivity index (χ4n) is 3.56. The minimum atomic E-state index is -1.60. The first-order valence-electron chi connectivity index (χ1n) is 9.21. The van der Waals surface area contributed by atoms with Crippen LogP contribution in [0.2, 0.25) is 0 Å². The van der Waals surface area contributed by atoms with Crippen molar-refractivity contribution in [3.63, 3.8) is 0 Å². The van der Waals surface area contributed by atoms with Gasteiger partial charge in [0.2, 0.25) is 17.1 Å².